The number of anilines is 1. The second-order valence-corrected chi connectivity index (χ2v) is 9.11. The van der Waals surface area contributed by atoms with Crippen LogP contribution in [0, 0.1) is 6.92 Å². The molecule has 2 atom stereocenters. The highest BCUT2D eigenvalue weighted by molar-refractivity contribution is 5.58. The lowest BCUT2D eigenvalue weighted by Crippen LogP contribution is -2.38. The number of nitrogens with one attached hydrogen (secondary N) is 1. The first-order chi connectivity index (χ1) is 14.2. The van der Waals surface area contributed by atoms with Crippen LogP contribution < -0.4 is 5.32 Å². The fourth-order valence-electron chi connectivity index (χ4n) is 4.57. The Labute approximate surface area is 181 Å². The largest absolute Gasteiger partial charge is 0.504 e. The smallest absolute Gasteiger partial charge is 0.157 e. The number of aromatic hydroxyl groups is 2. The summed E-state index contributed by atoms with van der Waals surface area (Å²) in [6, 6.07) is 11.7. The third-order valence-corrected chi connectivity index (χ3v) is 6.37. The summed E-state index contributed by atoms with van der Waals surface area (Å²) >= 11 is 0. The molecule has 0 spiro atoms. The second-order valence-electron chi connectivity index (χ2n) is 9.11. The van der Waals surface area contributed by atoms with Gasteiger partial charge in [-0.15, -0.1) is 0 Å². The molecular formula is C27H35NO2. The molecule has 0 aromatic heterocycles. The van der Waals surface area contributed by atoms with Crippen LogP contribution in [0.25, 0.3) is 0 Å². The zero-order valence-corrected chi connectivity index (χ0v) is 18.9. The fraction of sp³-hybridized carbons (Fsp3) is 0.407. The SMILES string of the molecule is CCCC(c1ccc(O)c(O)c1)C(C)(C)Nc1cccc(C2C=CC(C)=CC2)c1C. The minimum absolute atomic E-state index is 0.0602. The van der Waals surface area contributed by atoms with Gasteiger partial charge in [0.25, 0.3) is 0 Å². The molecule has 0 fully saturated rings. The summed E-state index contributed by atoms with van der Waals surface area (Å²) in [5.41, 5.74) is 5.94. The predicted octanol–water partition coefficient (Wildman–Crippen LogP) is 7.17. The molecule has 0 bridgehead atoms. The summed E-state index contributed by atoms with van der Waals surface area (Å²) in [6.07, 6.45) is 9.90. The maximum atomic E-state index is 10.0. The zero-order chi connectivity index (χ0) is 21.9. The molecule has 1 aliphatic rings. The third-order valence-electron chi connectivity index (χ3n) is 6.37. The van der Waals surface area contributed by atoms with Gasteiger partial charge < -0.3 is 15.5 Å². The monoisotopic (exact) mass is 405 g/mol. The maximum absolute atomic E-state index is 10.0. The second kappa shape index (κ2) is 8.99. The highest BCUT2D eigenvalue weighted by Crippen LogP contribution is 2.40. The van der Waals surface area contributed by atoms with E-state index in [4.69, 9.17) is 0 Å². The van der Waals surface area contributed by atoms with Crippen molar-refractivity contribution in [2.75, 3.05) is 5.32 Å². The molecule has 160 valence electrons. The van der Waals surface area contributed by atoms with Crippen molar-refractivity contribution in [1.82, 2.24) is 0 Å². The maximum Gasteiger partial charge on any atom is 0.157 e. The quantitative estimate of drug-likeness (QED) is 0.428. The lowest BCUT2D eigenvalue weighted by atomic mass is 9.78. The van der Waals surface area contributed by atoms with Crippen LogP contribution in [0.3, 0.4) is 0 Å². The van der Waals surface area contributed by atoms with Crippen LogP contribution in [0.2, 0.25) is 0 Å². The van der Waals surface area contributed by atoms with Gasteiger partial charge >= 0.3 is 0 Å². The van der Waals surface area contributed by atoms with Gasteiger partial charge in [0.1, 0.15) is 0 Å². The van der Waals surface area contributed by atoms with Crippen LogP contribution in [0.15, 0.2) is 60.2 Å². The molecule has 2 unspecified atom stereocenters. The van der Waals surface area contributed by atoms with Gasteiger partial charge in [0.2, 0.25) is 0 Å². The lowest BCUT2D eigenvalue weighted by Gasteiger charge is -2.38. The third kappa shape index (κ3) is 4.72. The average Bonchev–Trinajstić information content (AvgIpc) is 2.70. The van der Waals surface area contributed by atoms with Crippen molar-refractivity contribution in [3.05, 3.63) is 76.9 Å². The van der Waals surface area contributed by atoms with E-state index < -0.39 is 0 Å². The minimum Gasteiger partial charge on any atom is -0.504 e. The summed E-state index contributed by atoms with van der Waals surface area (Å²) < 4.78 is 0. The fourth-order valence-corrected chi connectivity index (χ4v) is 4.57. The van der Waals surface area contributed by atoms with Gasteiger partial charge in [0.05, 0.1) is 0 Å². The molecule has 3 nitrogen and oxygen atoms in total. The molecule has 2 aromatic rings. The van der Waals surface area contributed by atoms with Gasteiger partial charge in [-0.2, -0.15) is 0 Å². The van der Waals surface area contributed by atoms with Crippen LogP contribution >= 0.6 is 0 Å². The van der Waals surface area contributed by atoms with E-state index in [1.165, 1.54) is 16.7 Å². The number of hydrogen-bond acceptors (Lipinski definition) is 3. The number of benzene rings is 2. The summed E-state index contributed by atoms with van der Waals surface area (Å²) in [6.45, 7) is 11.0. The Balaban J connectivity index is 1.90. The Morgan fingerprint density at radius 3 is 2.50 bits per heavy atom. The van der Waals surface area contributed by atoms with Crippen molar-refractivity contribution < 1.29 is 10.2 Å². The van der Waals surface area contributed by atoms with E-state index in [-0.39, 0.29) is 23.0 Å². The molecule has 3 heteroatoms. The van der Waals surface area contributed by atoms with Crippen molar-refractivity contribution in [3.8, 4) is 11.5 Å². The Hall–Kier alpha value is -2.68. The topological polar surface area (TPSA) is 52.5 Å². The van der Waals surface area contributed by atoms with Crippen LogP contribution in [0.4, 0.5) is 5.69 Å². The van der Waals surface area contributed by atoms with Crippen LogP contribution in [0.5, 0.6) is 11.5 Å². The van der Waals surface area contributed by atoms with E-state index in [0.29, 0.717) is 5.92 Å². The molecule has 0 amide bonds. The van der Waals surface area contributed by atoms with E-state index in [0.717, 1.165) is 30.5 Å². The number of allylic oxidation sites excluding steroid dienone is 4. The van der Waals surface area contributed by atoms with Gasteiger partial charge in [-0.25, -0.2) is 0 Å². The lowest BCUT2D eigenvalue weighted by molar-refractivity contribution is 0.394. The number of hydrogen-bond donors (Lipinski definition) is 3. The number of phenols is 2. The van der Waals surface area contributed by atoms with Crippen molar-refractivity contribution >= 4 is 5.69 Å². The molecule has 0 heterocycles. The highest BCUT2D eigenvalue weighted by atomic mass is 16.3. The van der Waals surface area contributed by atoms with Crippen molar-refractivity contribution in [1.29, 1.82) is 0 Å². The Kier molecular flexibility index (Phi) is 6.60. The molecular weight excluding hydrogens is 370 g/mol. The molecule has 0 radical (unpaired) electrons. The van der Waals surface area contributed by atoms with Crippen molar-refractivity contribution in [2.24, 2.45) is 0 Å². The number of rotatable bonds is 7. The van der Waals surface area contributed by atoms with Crippen molar-refractivity contribution in [3.63, 3.8) is 0 Å². The molecule has 2 aromatic carbocycles. The average molecular weight is 406 g/mol. The van der Waals surface area contributed by atoms with Gasteiger partial charge in [0, 0.05) is 23.1 Å². The number of phenolic OH excluding ortho intramolecular Hbond substituents is 2. The van der Waals surface area contributed by atoms with E-state index in [2.05, 4.69) is 76.4 Å². The van der Waals surface area contributed by atoms with E-state index in [1.807, 2.05) is 6.07 Å². The first kappa shape index (κ1) is 22.0. The highest BCUT2D eigenvalue weighted by Gasteiger charge is 2.31. The Morgan fingerprint density at radius 1 is 1.10 bits per heavy atom. The van der Waals surface area contributed by atoms with Gasteiger partial charge in [0.15, 0.2) is 11.5 Å². The summed E-state index contributed by atoms with van der Waals surface area (Å²) in [4.78, 5) is 0. The van der Waals surface area contributed by atoms with Crippen molar-refractivity contribution in [2.45, 2.75) is 71.3 Å². The summed E-state index contributed by atoms with van der Waals surface area (Å²) in [5.74, 6) is 0.472. The molecule has 3 rings (SSSR count). The standard InChI is InChI=1S/C27H35NO2/c1-6-8-23(21-15-16-25(29)26(30)17-21)27(4,5)28-24-10-7-9-22(19(24)3)20-13-11-18(2)12-14-20/h7,9-13,15-17,20,23,28-30H,6,8,14H2,1-5H3. The first-order valence-electron chi connectivity index (χ1n) is 11.0. The molecule has 0 saturated heterocycles. The molecule has 0 aliphatic heterocycles. The van der Waals surface area contributed by atoms with E-state index in [9.17, 15) is 10.2 Å². The Bertz CT molecular complexity index is 955. The van der Waals surface area contributed by atoms with Gasteiger partial charge in [-0.1, -0.05) is 55.3 Å². The van der Waals surface area contributed by atoms with E-state index in [1.54, 1.807) is 12.1 Å². The molecule has 0 saturated carbocycles. The minimum atomic E-state index is -0.234. The molecule has 30 heavy (non-hydrogen) atoms. The predicted molar refractivity (Wildman–Crippen MR) is 127 cm³/mol. The van der Waals surface area contributed by atoms with E-state index >= 15 is 0 Å². The van der Waals surface area contributed by atoms with Gasteiger partial charge in [-0.3, -0.25) is 0 Å². The van der Waals surface area contributed by atoms with Crippen LogP contribution in [-0.2, 0) is 0 Å². The first-order valence-corrected chi connectivity index (χ1v) is 11.0. The Morgan fingerprint density at radius 2 is 1.87 bits per heavy atom. The van der Waals surface area contributed by atoms with Crippen LogP contribution in [-0.4, -0.2) is 15.8 Å². The molecule has 3 N–H and O–H groups in total. The zero-order valence-electron chi connectivity index (χ0n) is 18.9. The molecule has 1 aliphatic carbocycles. The van der Waals surface area contributed by atoms with Crippen LogP contribution in [0.1, 0.15) is 75.5 Å². The van der Waals surface area contributed by atoms with Gasteiger partial charge in [-0.05, 0) is 75.4 Å². The normalized spacial score (nSPS) is 17.5. The summed E-state index contributed by atoms with van der Waals surface area (Å²) in [7, 11) is 0. The summed E-state index contributed by atoms with van der Waals surface area (Å²) in [5, 5.41) is 23.6.